The number of nitrogens with zero attached hydrogens (tertiary/aromatic N) is 2. The van der Waals surface area contributed by atoms with Gasteiger partial charge in [0.15, 0.2) is 0 Å². The molecule has 2 N–H and O–H groups in total. The molecular weight excluding hydrogens is 320 g/mol. The molecule has 2 rings (SSSR count). The topological polar surface area (TPSA) is 81.8 Å². The lowest BCUT2D eigenvalue weighted by Crippen LogP contribution is -2.49. The van der Waals surface area contributed by atoms with Crippen LogP contribution in [0.2, 0.25) is 0 Å². The maximum Gasteiger partial charge on any atom is 0.321 e. The lowest BCUT2D eigenvalue weighted by Gasteiger charge is -2.26. The molecule has 1 aliphatic rings. The number of benzene rings is 1. The van der Waals surface area contributed by atoms with E-state index in [0.717, 1.165) is 5.69 Å². The number of anilines is 1. The minimum absolute atomic E-state index is 0.00293. The van der Waals surface area contributed by atoms with E-state index < -0.39 is 11.9 Å². The van der Waals surface area contributed by atoms with Gasteiger partial charge < -0.3 is 10.2 Å². The molecule has 0 bridgehead atoms. The summed E-state index contributed by atoms with van der Waals surface area (Å²) in [5.41, 5.74) is 0.860. The fourth-order valence-corrected chi connectivity index (χ4v) is 2.87. The molecule has 0 saturated carbocycles. The van der Waals surface area contributed by atoms with Crippen molar-refractivity contribution >= 4 is 23.5 Å². The molecule has 1 fully saturated rings. The van der Waals surface area contributed by atoms with Crippen molar-refractivity contribution in [2.75, 3.05) is 31.1 Å². The zero-order chi connectivity index (χ0) is 18.2. The lowest BCUT2D eigenvalue weighted by molar-refractivity contribution is -0.125. The summed E-state index contributed by atoms with van der Waals surface area (Å²) in [7, 11) is 0. The fraction of sp³-hybridized carbons (Fsp3) is 0.389. The van der Waals surface area contributed by atoms with Gasteiger partial charge in [-0.05, 0) is 25.1 Å². The number of hydrogen-bond donors (Lipinski definition) is 2. The van der Waals surface area contributed by atoms with E-state index >= 15 is 0 Å². The summed E-state index contributed by atoms with van der Waals surface area (Å²) in [5, 5.41) is 4.74. The summed E-state index contributed by atoms with van der Waals surface area (Å²) in [6.07, 6.45) is 2.18. The molecule has 0 spiro atoms. The lowest BCUT2D eigenvalue weighted by atomic mass is 10.2. The first-order valence-corrected chi connectivity index (χ1v) is 8.35. The van der Waals surface area contributed by atoms with Crippen LogP contribution in [-0.2, 0) is 9.59 Å². The van der Waals surface area contributed by atoms with Crippen molar-refractivity contribution in [2.24, 2.45) is 0 Å². The summed E-state index contributed by atoms with van der Waals surface area (Å²) in [6.45, 7) is 6.82. The van der Waals surface area contributed by atoms with Crippen LogP contribution in [0.4, 0.5) is 10.5 Å². The third-order valence-corrected chi connectivity index (χ3v) is 4.10. The van der Waals surface area contributed by atoms with E-state index in [4.69, 9.17) is 0 Å². The largest absolute Gasteiger partial charge is 0.334 e. The van der Waals surface area contributed by atoms with Crippen LogP contribution in [0.5, 0.6) is 0 Å². The van der Waals surface area contributed by atoms with Gasteiger partial charge in [0, 0.05) is 18.8 Å². The molecule has 0 aromatic heterocycles. The van der Waals surface area contributed by atoms with Crippen molar-refractivity contribution in [3.8, 4) is 0 Å². The van der Waals surface area contributed by atoms with Gasteiger partial charge in [-0.2, -0.15) is 0 Å². The Morgan fingerprint density at radius 1 is 1.36 bits per heavy atom. The highest BCUT2D eigenvalue weighted by Gasteiger charge is 2.36. The van der Waals surface area contributed by atoms with Gasteiger partial charge >= 0.3 is 6.03 Å². The van der Waals surface area contributed by atoms with Crippen LogP contribution in [0, 0.1) is 0 Å². The number of nitrogens with one attached hydrogen (secondary N) is 2. The first-order valence-electron chi connectivity index (χ1n) is 8.35. The van der Waals surface area contributed by atoms with Gasteiger partial charge in [0.1, 0.15) is 0 Å². The molecule has 0 unspecified atom stereocenters. The van der Waals surface area contributed by atoms with E-state index in [-0.39, 0.29) is 25.0 Å². The maximum absolute atomic E-state index is 12.7. The molecule has 7 heteroatoms. The van der Waals surface area contributed by atoms with E-state index in [1.165, 1.54) is 6.08 Å². The number of hydrogen-bond acceptors (Lipinski definition) is 4. The highest BCUT2D eigenvalue weighted by Crippen LogP contribution is 2.23. The van der Waals surface area contributed by atoms with Crippen molar-refractivity contribution in [3.63, 3.8) is 0 Å². The van der Waals surface area contributed by atoms with Crippen molar-refractivity contribution < 1.29 is 14.4 Å². The van der Waals surface area contributed by atoms with Crippen LogP contribution < -0.4 is 15.5 Å². The van der Waals surface area contributed by atoms with E-state index in [1.807, 2.05) is 37.3 Å². The molecule has 1 aromatic carbocycles. The second-order valence-electron chi connectivity index (χ2n) is 5.74. The number of urea groups is 1. The van der Waals surface area contributed by atoms with Gasteiger partial charge in [-0.15, -0.1) is 6.58 Å². The van der Waals surface area contributed by atoms with Crippen molar-refractivity contribution in [1.29, 1.82) is 0 Å². The van der Waals surface area contributed by atoms with Crippen LogP contribution >= 0.6 is 0 Å². The molecule has 0 aliphatic carbocycles. The average Bonchev–Trinajstić information content (AvgIpc) is 3.00. The SMILES string of the molecule is C=CCNC(=O)NC(=O)CN(CC)[C@@H]1CCN(c2ccccc2)C1=O. The number of likely N-dealkylation sites (N-methyl/N-ethyl adjacent to an activating group) is 1. The molecule has 25 heavy (non-hydrogen) atoms. The number of amides is 4. The number of carbonyl (C=O) groups excluding carboxylic acids is 3. The average molecular weight is 344 g/mol. The second-order valence-corrected chi connectivity index (χ2v) is 5.74. The van der Waals surface area contributed by atoms with Crippen molar-refractivity contribution in [3.05, 3.63) is 43.0 Å². The van der Waals surface area contributed by atoms with E-state index in [0.29, 0.717) is 19.5 Å². The monoisotopic (exact) mass is 344 g/mol. The molecule has 0 radical (unpaired) electrons. The highest BCUT2D eigenvalue weighted by atomic mass is 16.2. The molecule has 1 heterocycles. The first-order chi connectivity index (χ1) is 12.1. The summed E-state index contributed by atoms with van der Waals surface area (Å²) < 4.78 is 0. The second kappa shape index (κ2) is 8.98. The van der Waals surface area contributed by atoms with Crippen LogP contribution in [0.1, 0.15) is 13.3 Å². The quantitative estimate of drug-likeness (QED) is 0.727. The van der Waals surface area contributed by atoms with E-state index in [9.17, 15) is 14.4 Å². The number of rotatable bonds is 7. The van der Waals surface area contributed by atoms with Gasteiger partial charge in [-0.25, -0.2) is 4.79 Å². The molecule has 1 aliphatic heterocycles. The summed E-state index contributed by atoms with van der Waals surface area (Å²) in [5.74, 6) is -0.452. The van der Waals surface area contributed by atoms with Gasteiger partial charge in [-0.3, -0.25) is 19.8 Å². The van der Waals surface area contributed by atoms with Gasteiger partial charge in [0.05, 0.1) is 12.6 Å². The van der Waals surface area contributed by atoms with Gasteiger partial charge in [0.2, 0.25) is 11.8 Å². The van der Waals surface area contributed by atoms with Crippen LogP contribution in [-0.4, -0.2) is 55.0 Å². The summed E-state index contributed by atoms with van der Waals surface area (Å²) >= 11 is 0. The van der Waals surface area contributed by atoms with Crippen molar-refractivity contribution in [1.82, 2.24) is 15.5 Å². The van der Waals surface area contributed by atoms with Crippen LogP contribution in [0.3, 0.4) is 0 Å². The third kappa shape index (κ3) is 4.90. The van der Waals surface area contributed by atoms with Crippen LogP contribution in [0.25, 0.3) is 0 Å². The predicted molar refractivity (Wildman–Crippen MR) is 96.2 cm³/mol. The number of carbonyl (C=O) groups is 3. The molecule has 1 atom stereocenters. The van der Waals surface area contributed by atoms with Gasteiger partial charge in [0.25, 0.3) is 0 Å². The highest BCUT2D eigenvalue weighted by molar-refractivity contribution is 6.00. The smallest absolute Gasteiger partial charge is 0.321 e. The maximum atomic E-state index is 12.7. The van der Waals surface area contributed by atoms with Gasteiger partial charge in [-0.1, -0.05) is 31.2 Å². The fourth-order valence-electron chi connectivity index (χ4n) is 2.87. The standard InChI is InChI=1S/C18H24N4O3/c1-3-11-19-18(25)20-16(23)13-21(4-2)15-10-12-22(17(15)24)14-8-6-5-7-9-14/h3,5-9,15H,1,4,10-13H2,2H3,(H2,19,20,23,25)/t15-/m1/s1. The normalized spacial score (nSPS) is 16.8. The molecular formula is C18H24N4O3. The third-order valence-electron chi connectivity index (χ3n) is 4.10. The molecule has 1 aromatic rings. The molecule has 4 amide bonds. The Labute approximate surface area is 147 Å². The summed E-state index contributed by atoms with van der Waals surface area (Å²) in [4.78, 5) is 39.8. The zero-order valence-electron chi connectivity index (χ0n) is 14.4. The van der Waals surface area contributed by atoms with Crippen LogP contribution in [0.15, 0.2) is 43.0 Å². The zero-order valence-corrected chi connectivity index (χ0v) is 14.4. The molecule has 7 nitrogen and oxygen atoms in total. The van der Waals surface area contributed by atoms with E-state index in [1.54, 1.807) is 9.80 Å². The van der Waals surface area contributed by atoms with Crippen molar-refractivity contribution in [2.45, 2.75) is 19.4 Å². The number of imide groups is 1. The minimum atomic E-state index is -0.565. The Hall–Kier alpha value is -2.67. The Bertz CT molecular complexity index is 632. The predicted octanol–water partition coefficient (Wildman–Crippen LogP) is 1.13. The first kappa shape index (κ1) is 18.7. The Balaban J connectivity index is 1.94. The molecule has 134 valence electrons. The minimum Gasteiger partial charge on any atom is -0.334 e. The molecule has 1 saturated heterocycles. The Kier molecular flexibility index (Phi) is 6.71. The van der Waals surface area contributed by atoms with E-state index in [2.05, 4.69) is 17.2 Å². The number of para-hydroxylation sites is 1. The Morgan fingerprint density at radius 3 is 2.72 bits per heavy atom. The summed E-state index contributed by atoms with van der Waals surface area (Å²) in [6, 6.07) is 8.56. The Morgan fingerprint density at radius 2 is 2.08 bits per heavy atom.